The molecule has 0 unspecified atom stereocenters. The lowest BCUT2D eigenvalue weighted by Crippen LogP contribution is -2.22. The molecular weight excluding hydrogens is 336 g/mol. The van der Waals surface area contributed by atoms with E-state index in [4.69, 9.17) is 0 Å². The van der Waals surface area contributed by atoms with E-state index in [1.807, 2.05) is 44.4 Å². The Balaban J connectivity index is 1.82. The minimum atomic E-state index is -0.234. The van der Waals surface area contributed by atoms with Crippen molar-refractivity contribution in [3.8, 4) is 5.13 Å². The normalized spacial score (nSPS) is 10.9. The molecule has 0 saturated heterocycles. The molecule has 0 fully saturated rings. The van der Waals surface area contributed by atoms with Crippen LogP contribution >= 0.6 is 11.3 Å². The lowest BCUT2D eigenvalue weighted by molar-refractivity contribution is -0.115. The van der Waals surface area contributed by atoms with Gasteiger partial charge in [0.15, 0.2) is 0 Å². The predicted molar refractivity (Wildman–Crippen MR) is 99.8 cm³/mol. The summed E-state index contributed by atoms with van der Waals surface area (Å²) >= 11 is 1.38. The molecule has 0 atom stereocenters. The summed E-state index contributed by atoms with van der Waals surface area (Å²) in [6, 6.07) is 5.83. The van der Waals surface area contributed by atoms with Gasteiger partial charge in [-0.2, -0.15) is 4.68 Å². The highest BCUT2D eigenvalue weighted by molar-refractivity contribution is 7.12. The van der Waals surface area contributed by atoms with Gasteiger partial charge in [0.2, 0.25) is 11.0 Å². The molecule has 0 aliphatic heterocycles. The van der Waals surface area contributed by atoms with E-state index >= 15 is 0 Å². The van der Waals surface area contributed by atoms with Crippen LogP contribution in [0.1, 0.15) is 28.1 Å². The van der Waals surface area contributed by atoms with Crippen molar-refractivity contribution < 1.29 is 4.79 Å². The first-order chi connectivity index (χ1) is 11.8. The summed E-state index contributed by atoms with van der Waals surface area (Å²) in [5.41, 5.74) is 4.65. The number of hydrogen-bond acceptors (Lipinski definition) is 4. The molecule has 0 aliphatic carbocycles. The molecule has 0 saturated carbocycles. The maximum Gasteiger partial charge on any atom is 0.277 e. The van der Waals surface area contributed by atoms with Crippen LogP contribution in [0.2, 0.25) is 0 Å². The van der Waals surface area contributed by atoms with Gasteiger partial charge in [-0.15, -0.1) is 11.3 Å². The molecule has 0 bridgehead atoms. The lowest BCUT2D eigenvalue weighted by Gasteiger charge is -2.08. The first kappa shape index (κ1) is 17.2. The molecule has 2 heterocycles. The summed E-state index contributed by atoms with van der Waals surface area (Å²) in [7, 11) is 0. The number of rotatable bonds is 4. The molecule has 1 aromatic carbocycles. The third-order valence-corrected chi connectivity index (χ3v) is 4.93. The molecule has 2 N–H and O–H groups in total. The number of aromatic nitrogens is 3. The van der Waals surface area contributed by atoms with Crippen LogP contribution in [0.15, 0.2) is 28.4 Å². The second kappa shape index (κ2) is 6.68. The van der Waals surface area contributed by atoms with Gasteiger partial charge in [-0.05, 0) is 39.3 Å². The summed E-state index contributed by atoms with van der Waals surface area (Å²) in [6.45, 7) is 7.61. The number of carbonyl (C=O) groups is 1. The van der Waals surface area contributed by atoms with Gasteiger partial charge in [-0.1, -0.05) is 17.7 Å². The third-order valence-electron chi connectivity index (χ3n) is 3.98. The number of aromatic amines is 1. The smallest absolute Gasteiger partial charge is 0.277 e. The van der Waals surface area contributed by atoms with Gasteiger partial charge >= 0.3 is 0 Å². The van der Waals surface area contributed by atoms with E-state index in [1.165, 1.54) is 16.0 Å². The highest BCUT2D eigenvalue weighted by atomic mass is 32.1. The van der Waals surface area contributed by atoms with Gasteiger partial charge in [0.25, 0.3) is 5.56 Å². The van der Waals surface area contributed by atoms with Crippen LogP contribution in [-0.2, 0) is 11.2 Å². The number of nitrogens with zero attached hydrogens (tertiary/aromatic N) is 2. The van der Waals surface area contributed by atoms with Gasteiger partial charge in [0.05, 0.1) is 12.1 Å². The number of hydrogen-bond donors (Lipinski definition) is 2. The van der Waals surface area contributed by atoms with Crippen LogP contribution in [0.4, 0.5) is 5.69 Å². The van der Waals surface area contributed by atoms with E-state index in [9.17, 15) is 9.59 Å². The van der Waals surface area contributed by atoms with Crippen LogP contribution in [0.5, 0.6) is 0 Å². The Morgan fingerprint density at radius 2 is 2.04 bits per heavy atom. The van der Waals surface area contributed by atoms with Gasteiger partial charge < -0.3 is 5.32 Å². The average Bonchev–Trinajstić information content (AvgIpc) is 3.08. The quantitative estimate of drug-likeness (QED) is 0.754. The zero-order valence-corrected chi connectivity index (χ0v) is 15.5. The van der Waals surface area contributed by atoms with Crippen molar-refractivity contribution in [1.82, 2.24) is 14.8 Å². The zero-order valence-electron chi connectivity index (χ0n) is 14.6. The molecule has 130 valence electrons. The first-order valence-electron chi connectivity index (χ1n) is 7.95. The summed E-state index contributed by atoms with van der Waals surface area (Å²) in [5, 5.41) is 8.34. The van der Waals surface area contributed by atoms with Crippen molar-refractivity contribution in [3.63, 3.8) is 0 Å². The number of anilines is 1. The summed E-state index contributed by atoms with van der Waals surface area (Å²) in [5.74, 6) is -0.214. The van der Waals surface area contributed by atoms with Crippen LogP contribution in [0, 0.1) is 27.7 Å². The van der Waals surface area contributed by atoms with Crippen LogP contribution < -0.4 is 10.9 Å². The Morgan fingerprint density at radius 1 is 1.28 bits per heavy atom. The maximum atomic E-state index is 12.6. The average molecular weight is 356 g/mol. The van der Waals surface area contributed by atoms with Crippen molar-refractivity contribution >= 4 is 22.9 Å². The van der Waals surface area contributed by atoms with E-state index in [1.54, 1.807) is 6.92 Å². The number of benzene rings is 1. The fourth-order valence-corrected chi connectivity index (χ4v) is 3.44. The summed E-state index contributed by atoms with van der Waals surface area (Å²) < 4.78 is 1.40. The Hall–Kier alpha value is -2.67. The fraction of sp³-hybridized carbons (Fsp3) is 0.278. The predicted octanol–water partition coefficient (Wildman–Crippen LogP) is 3.04. The zero-order chi connectivity index (χ0) is 18.1. The van der Waals surface area contributed by atoms with Crippen molar-refractivity contribution in [1.29, 1.82) is 0 Å². The number of H-pyrrole nitrogens is 1. The highest BCUT2D eigenvalue weighted by Gasteiger charge is 2.17. The van der Waals surface area contributed by atoms with Crippen LogP contribution in [-0.4, -0.2) is 20.7 Å². The standard InChI is InChI=1S/C18H20N4O2S/c1-10-5-6-15(11(2)7-10)20-16(23)8-14-13(4)21-22(17(14)24)18-19-12(3)9-25-18/h5-7,9,21H,8H2,1-4H3,(H,20,23). The molecule has 1 amide bonds. The van der Waals surface area contributed by atoms with Gasteiger partial charge in [0, 0.05) is 22.3 Å². The second-order valence-electron chi connectivity index (χ2n) is 6.17. The Morgan fingerprint density at radius 3 is 2.68 bits per heavy atom. The topological polar surface area (TPSA) is 79.8 Å². The molecule has 0 spiro atoms. The third kappa shape index (κ3) is 3.56. The van der Waals surface area contributed by atoms with Gasteiger partial charge in [0.1, 0.15) is 0 Å². The van der Waals surface area contributed by atoms with Crippen LogP contribution in [0.3, 0.4) is 0 Å². The second-order valence-corrected chi connectivity index (χ2v) is 7.01. The Kier molecular flexibility index (Phi) is 4.59. The molecule has 7 heteroatoms. The van der Waals surface area contributed by atoms with Gasteiger partial charge in [-0.25, -0.2) is 4.98 Å². The number of carbonyl (C=O) groups excluding carboxylic acids is 1. The molecule has 0 aliphatic rings. The van der Waals surface area contributed by atoms with E-state index in [0.717, 1.165) is 22.5 Å². The maximum absolute atomic E-state index is 12.6. The van der Waals surface area contributed by atoms with E-state index in [0.29, 0.717) is 16.4 Å². The van der Waals surface area contributed by atoms with Crippen LogP contribution in [0.25, 0.3) is 5.13 Å². The first-order valence-corrected chi connectivity index (χ1v) is 8.83. The number of thiazole rings is 1. The fourth-order valence-electron chi connectivity index (χ4n) is 2.68. The molecular formula is C18H20N4O2S. The molecule has 6 nitrogen and oxygen atoms in total. The van der Waals surface area contributed by atoms with Crippen molar-refractivity contribution in [3.05, 3.63) is 62.0 Å². The van der Waals surface area contributed by atoms with E-state index in [2.05, 4.69) is 15.4 Å². The van der Waals surface area contributed by atoms with Gasteiger partial charge in [-0.3, -0.25) is 14.7 Å². The van der Waals surface area contributed by atoms with Crippen molar-refractivity contribution in [2.24, 2.45) is 0 Å². The molecule has 0 radical (unpaired) electrons. The minimum absolute atomic E-state index is 0.0197. The molecule has 2 aromatic heterocycles. The highest BCUT2D eigenvalue weighted by Crippen LogP contribution is 2.17. The number of amides is 1. The van der Waals surface area contributed by atoms with E-state index < -0.39 is 0 Å². The molecule has 25 heavy (non-hydrogen) atoms. The van der Waals surface area contributed by atoms with Crippen molar-refractivity contribution in [2.45, 2.75) is 34.1 Å². The summed E-state index contributed by atoms with van der Waals surface area (Å²) in [6.07, 6.45) is 0.0197. The molecule has 3 rings (SSSR count). The lowest BCUT2D eigenvalue weighted by atomic mass is 10.1. The number of nitrogens with one attached hydrogen (secondary N) is 2. The van der Waals surface area contributed by atoms with E-state index in [-0.39, 0.29) is 17.9 Å². The largest absolute Gasteiger partial charge is 0.326 e. The SMILES string of the molecule is Cc1ccc(NC(=O)Cc2c(C)[nH]n(-c3nc(C)cs3)c2=O)c(C)c1. The molecule has 3 aromatic rings. The minimum Gasteiger partial charge on any atom is -0.326 e. The Bertz CT molecular complexity index is 997. The number of aryl methyl sites for hydroxylation is 4. The summed E-state index contributed by atoms with van der Waals surface area (Å²) in [4.78, 5) is 29.3. The Labute approximate surface area is 149 Å². The monoisotopic (exact) mass is 356 g/mol. The van der Waals surface area contributed by atoms with Crippen molar-refractivity contribution in [2.75, 3.05) is 5.32 Å².